The molecule has 0 bridgehead atoms. The van der Waals surface area contributed by atoms with Crippen LogP contribution in [0.5, 0.6) is 0 Å². The summed E-state index contributed by atoms with van der Waals surface area (Å²) in [5, 5.41) is 8.03. The number of sulfone groups is 1. The predicted molar refractivity (Wildman–Crippen MR) is 82.0 cm³/mol. The summed E-state index contributed by atoms with van der Waals surface area (Å²) < 4.78 is 28.6. The normalized spacial score (nSPS) is 19.1. The lowest BCUT2D eigenvalue weighted by molar-refractivity contribution is 0.155. The minimum absolute atomic E-state index is 0.0714. The van der Waals surface area contributed by atoms with Gasteiger partial charge in [-0.2, -0.15) is 0 Å². The van der Waals surface area contributed by atoms with Crippen molar-refractivity contribution in [1.29, 1.82) is 0 Å². The van der Waals surface area contributed by atoms with Gasteiger partial charge < -0.3 is 4.42 Å². The molecule has 22 heavy (non-hydrogen) atoms. The molecule has 1 aromatic heterocycles. The second kappa shape index (κ2) is 5.81. The van der Waals surface area contributed by atoms with Gasteiger partial charge in [-0.05, 0) is 17.5 Å². The van der Waals surface area contributed by atoms with Crippen molar-refractivity contribution < 1.29 is 12.8 Å². The molecule has 0 aliphatic carbocycles. The minimum atomic E-state index is -3.01. The molecule has 2 aromatic rings. The first-order valence-corrected chi connectivity index (χ1v) is 9.27. The summed E-state index contributed by atoms with van der Waals surface area (Å²) in [4.78, 5) is 2.11. The number of nitrogens with zero attached hydrogens (tertiary/aromatic N) is 3. The van der Waals surface area contributed by atoms with Crippen molar-refractivity contribution in [3.63, 3.8) is 0 Å². The van der Waals surface area contributed by atoms with Gasteiger partial charge in [0.2, 0.25) is 11.8 Å². The summed E-state index contributed by atoms with van der Waals surface area (Å²) >= 11 is 0. The zero-order valence-corrected chi connectivity index (χ0v) is 13.5. The van der Waals surface area contributed by atoms with Gasteiger partial charge in [0.15, 0.2) is 0 Å². The standard InChI is InChI=1S/C15H19N3O3S/c1-11-16-17-15(21-11)14-9-12-5-3-4-6-13(12)10-18(14)7-8-22(2,19)20/h3-6,14H,7-10H2,1-2H3/t14-/m1/s1. The third-order valence-electron chi connectivity index (χ3n) is 3.92. The van der Waals surface area contributed by atoms with Crippen LogP contribution in [0.15, 0.2) is 28.7 Å². The first-order chi connectivity index (χ1) is 10.4. The Bertz CT molecular complexity index is 770. The van der Waals surface area contributed by atoms with Gasteiger partial charge in [-0.3, -0.25) is 4.90 Å². The molecule has 0 saturated carbocycles. The second-order valence-corrected chi connectivity index (χ2v) is 8.01. The zero-order chi connectivity index (χ0) is 15.7. The Morgan fingerprint density at radius 3 is 2.64 bits per heavy atom. The predicted octanol–water partition coefficient (Wildman–Crippen LogP) is 1.52. The van der Waals surface area contributed by atoms with Gasteiger partial charge in [0.25, 0.3) is 0 Å². The van der Waals surface area contributed by atoms with E-state index in [0.717, 1.165) is 6.42 Å². The number of aryl methyl sites for hydroxylation is 1. The van der Waals surface area contributed by atoms with Gasteiger partial charge in [0.05, 0.1) is 11.8 Å². The molecule has 1 atom stereocenters. The molecule has 0 saturated heterocycles. The van der Waals surface area contributed by atoms with Gasteiger partial charge in [0, 0.05) is 26.3 Å². The molecular weight excluding hydrogens is 302 g/mol. The molecule has 1 aromatic carbocycles. The van der Waals surface area contributed by atoms with Gasteiger partial charge in [-0.15, -0.1) is 10.2 Å². The van der Waals surface area contributed by atoms with Crippen LogP contribution in [0.2, 0.25) is 0 Å². The van der Waals surface area contributed by atoms with Gasteiger partial charge >= 0.3 is 0 Å². The van der Waals surface area contributed by atoms with Crippen LogP contribution in [0.25, 0.3) is 0 Å². The van der Waals surface area contributed by atoms with Crippen LogP contribution in [0, 0.1) is 6.92 Å². The fourth-order valence-electron chi connectivity index (χ4n) is 2.79. The summed E-state index contributed by atoms with van der Waals surface area (Å²) in [6.07, 6.45) is 2.01. The maximum Gasteiger partial charge on any atom is 0.233 e. The Morgan fingerprint density at radius 1 is 1.27 bits per heavy atom. The molecule has 3 rings (SSSR count). The molecule has 7 heteroatoms. The number of rotatable bonds is 4. The van der Waals surface area contributed by atoms with Crippen molar-refractivity contribution in [3.8, 4) is 0 Å². The SMILES string of the molecule is Cc1nnc([C@H]2Cc3ccccc3CN2CCS(C)(=O)=O)o1. The molecule has 0 spiro atoms. The third kappa shape index (κ3) is 3.36. The van der Waals surface area contributed by atoms with E-state index in [2.05, 4.69) is 27.2 Å². The van der Waals surface area contributed by atoms with Crippen molar-refractivity contribution in [2.75, 3.05) is 18.6 Å². The number of fused-ring (bicyclic) bond motifs is 1. The van der Waals surface area contributed by atoms with Crippen molar-refractivity contribution in [1.82, 2.24) is 15.1 Å². The summed E-state index contributed by atoms with van der Waals surface area (Å²) in [5.41, 5.74) is 2.47. The summed E-state index contributed by atoms with van der Waals surface area (Å²) in [5.74, 6) is 1.20. The van der Waals surface area contributed by atoms with Gasteiger partial charge in [-0.1, -0.05) is 24.3 Å². The Morgan fingerprint density at radius 2 is 2.00 bits per heavy atom. The van der Waals surface area contributed by atoms with Crippen LogP contribution < -0.4 is 0 Å². The zero-order valence-electron chi connectivity index (χ0n) is 12.7. The van der Waals surface area contributed by atoms with E-state index in [1.54, 1.807) is 6.92 Å². The summed E-state index contributed by atoms with van der Waals surface area (Å²) in [6.45, 7) is 2.91. The lowest BCUT2D eigenvalue weighted by Gasteiger charge is -2.34. The minimum Gasteiger partial charge on any atom is -0.424 e. The highest BCUT2D eigenvalue weighted by Crippen LogP contribution is 2.32. The Labute approximate surface area is 130 Å². The summed E-state index contributed by atoms with van der Waals surface area (Å²) in [7, 11) is -3.01. The monoisotopic (exact) mass is 321 g/mol. The number of hydrogen-bond donors (Lipinski definition) is 0. The average Bonchev–Trinajstić information content (AvgIpc) is 2.90. The van der Waals surface area contributed by atoms with E-state index in [4.69, 9.17) is 4.42 Å². The Hall–Kier alpha value is -1.73. The molecule has 2 heterocycles. The largest absolute Gasteiger partial charge is 0.424 e. The van der Waals surface area contributed by atoms with Gasteiger partial charge in [0.1, 0.15) is 9.84 Å². The fourth-order valence-corrected chi connectivity index (χ4v) is 3.35. The second-order valence-electron chi connectivity index (χ2n) is 5.75. The highest BCUT2D eigenvalue weighted by atomic mass is 32.2. The molecule has 0 radical (unpaired) electrons. The molecular formula is C15H19N3O3S. The molecule has 1 aliphatic heterocycles. The molecule has 0 amide bonds. The maximum absolute atomic E-state index is 11.5. The van der Waals surface area contributed by atoms with Crippen LogP contribution >= 0.6 is 0 Å². The van der Waals surface area contributed by atoms with Crippen molar-refractivity contribution >= 4 is 9.84 Å². The lowest BCUT2D eigenvalue weighted by Crippen LogP contribution is -2.37. The first-order valence-electron chi connectivity index (χ1n) is 7.21. The van der Waals surface area contributed by atoms with Crippen LogP contribution in [-0.2, 0) is 22.8 Å². The molecule has 1 aliphatic rings. The topological polar surface area (TPSA) is 76.3 Å². The Balaban J connectivity index is 1.89. The van der Waals surface area contributed by atoms with E-state index in [0.29, 0.717) is 24.9 Å². The van der Waals surface area contributed by atoms with Crippen molar-refractivity contribution in [3.05, 3.63) is 47.2 Å². The van der Waals surface area contributed by atoms with Crippen molar-refractivity contribution in [2.24, 2.45) is 0 Å². The van der Waals surface area contributed by atoms with E-state index in [1.807, 2.05) is 12.1 Å². The van der Waals surface area contributed by atoms with E-state index >= 15 is 0 Å². The van der Waals surface area contributed by atoms with Crippen LogP contribution in [-0.4, -0.2) is 42.1 Å². The average molecular weight is 321 g/mol. The quantitative estimate of drug-likeness (QED) is 0.850. The fraction of sp³-hybridized carbons (Fsp3) is 0.467. The lowest BCUT2D eigenvalue weighted by atomic mass is 9.94. The number of hydrogen-bond acceptors (Lipinski definition) is 6. The smallest absolute Gasteiger partial charge is 0.233 e. The molecule has 0 unspecified atom stereocenters. The third-order valence-corrected chi connectivity index (χ3v) is 4.85. The van der Waals surface area contributed by atoms with Crippen LogP contribution in [0.1, 0.15) is 29.0 Å². The maximum atomic E-state index is 11.5. The van der Waals surface area contributed by atoms with E-state index in [1.165, 1.54) is 17.4 Å². The highest BCUT2D eigenvalue weighted by molar-refractivity contribution is 7.90. The van der Waals surface area contributed by atoms with E-state index in [-0.39, 0.29) is 11.8 Å². The van der Waals surface area contributed by atoms with E-state index in [9.17, 15) is 8.42 Å². The summed E-state index contributed by atoms with van der Waals surface area (Å²) in [6, 6.07) is 8.13. The van der Waals surface area contributed by atoms with Crippen LogP contribution in [0.3, 0.4) is 0 Å². The molecule has 0 fully saturated rings. The first kappa shape index (κ1) is 15.2. The highest BCUT2D eigenvalue weighted by Gasteiger charge is 2.31. The van der Waals surface area contributed by atoms with Crippen LogP contribution in [0.4, 0.5) is 0 Å². The van der Waals surface area contributed by atoms with E-state index < -0.39 is 9.84 Å². The van der Waals surface area contributed by atoms with Gasteiger partial charge in [-0.25, -0.2) is 8.42 Å². The number of aromatic nitrogens is 2. The van der Waals surface area contributed by atoms with Crippen molar-refractivity contribution in [2.45, 2.75) is 25.9 Å². The molecule has 118 valence electrons. The number of benzene rings is 1. The molecule has 6 nitrogen and oxygen atoms in total. The Kier molecular flexibility index (Phi) is 4.01. The molecule has 0 N–H and O–H groups in total.